The van der Waals surface area contributed by atoms with Crippen LogP contribution in [0.2, 0.25) is 0 Å². The summed E-state index contributed by atoms with van der Waals surface area (Å²) >= 11 is 0. The third-order valence-electron chi connectivity index (χ3n) is 5.31. The summed E-state index contributed by atoms with van der Waals surface area (Å²) in [7, 11) is 2.14. The third-order valence-corrected chi connectivity index (χ3v) is 5.31. The van der Waals surface area contributed by atoms with Gasteiger partial charge in [-0.1, -0.05) is 69.7 Å². The first-order valence-corrected chi connectivity index (χ1v) is 10.2. The molecule has 0 bridgehead atoms. The van der Waals surface area contributed by atoms with Crippen LogP contribution in [0.1, 0.15) is 67.8 Å². The highest BCUT2D eigenvalue weighted by Gasteiger charge is 2.17. The molecule has 140 valence electrons. The van der Waals surface area contributed by atoms with E-state index in [-0.39, 0.29) is 5.78 Å². The molecule has 0 aromatic heterocycles. The first kappa shape index (κ1) is 20.1. The number of likely N-dealkylation sites (N-methyl/N-ethyl adjacent to an activating group) is 1. The molecular weight excluding hydrogens is 308 g/mol. The summed E-state index contributed by atoms with van der Waals surface area (Å²) in [5.41, 5.74) is 2.23. The van der Waals surface area contributed by atoms with Gasteiger partial charge in [0.05, 0.1) is 6.54 Å². The van der Waals surface area contributed by atoms with Crippen LogP contribution in [0.4, 0.5) is 0 Å². The molecule has 1 aromatic carbocycles. The number of hydrogen-bond donors (Lipinski definition) is 0. The first-order valence-electron chi connectivity index (χ1n) is 10.2. The summed E-state index contributed by atoms with van der Waals surface area (Å²) in [5, 5.41) is 0. The van der Waals surface area contributed by atoms with Crippen molar-refractivity contribution in [1.82, 2.24) is 9.80 Å². The molecule has 1 aliphatic heterocycles. The van der Waals surface area contributed by atoms with Gasteiger partial charge in [-0.15, -0.1) is 0 Å². The summed E-state index contributed by atoms with van der Waals surface area (Å²) in [5.74, 6) is 0.257. The maximum absolute atomic E-state index is 12.4. The van der Waals surface area contributed by atoms with Crippen molar-refractivity contribution in [3.8, 4) is 0 Å². The van der Waals surface area contributed by atoms with Crippen LogP contribution in [-0.2, 0) is 6.42 Å². The number of carbonyl (C=O) groups is 1. The fourth-order valence-corrected chi connectivity index (χ4v) is 3.44. The zero-order chi connectivity index (χ0) is 17.9. The number of ketones is 1. The summed E-state index contributed by atoms with van der Waals surface area (Å²) in [6.45, 7) is 6.94. The first-order chi connectivity index (χ1) is 12.2. The van der Waals surface area contributed by atoms with Crippen LogP contribution >= 0.6 is 0 Å². The van der Waals surface area contributed by atoms with E-state index in [4.69, 9.17) is 0 Å². The highest BCUT2D eigenvalue weighted by Crippen LogP contribution is 2.12. The molecule has 1 aromatic rings. The molecule has 2 rings (SSSR count). The molecule has 0 spiro atoms. The predicted octanol–water partition coefficient (Wildman–Crippen LogP) is 4.41. The smallest absolute Gasteiger partial charge is 0.176 e. The predicted molar refractivity (Wildman–Crippen MR) is 106 cm³/mol. The van der Waals surface area contributed by atoms with Crippen molar-refractivity contribution in [2.45, 2.75) is 58.3 Å². The summed E-state index contributed by atoms with van der Waals surface area (Å²) in [6.07, 6.45) is 10.6. The maximum Gasteiger partial charge on any atom is 0.176 e. The third kappa shape index (κ3) is 7.70. The lowest BCUT2D eigenvalue weighted by atomic mass is 10.0. The Kier molecular flexibility index (Phi) is 9.20. The molecule has 0 amide bonds. The highest BCUT2D eigenvalue weighted by atomic mass is 16.1. The molecule has 1 aliphatic rings. The highest BCUT2D eigenvalue weighted by molar-refractivity contribution is 5.97. The number of hydrogen-bond acceptors (Lipinski definition) is 3. The fraction of sp³-hybridized carbons (Fsp3) is 0.682. The van der Waals surface area contributed by atoms with Gasteiger partial charge in [-0.3, -0.25) is 9.69 Å². The average Bonchev–Trinajstić information content (AvgIpc) is 2.63. The average molecular weight is 345 g/mol. The van der Waals surface area contributed by atoms with E-state index in [9.17, 15) is 4.79 Å². The van der Waals surface area contributed by atoms with Gasteiger partial charge >= 0.3 is 0 Å². The molecule has 0 unspecified atom stereocenters. The maximum atomic E-state index is 12.4. The van der Waals surface area contributed by atoms with Crippen molar-refractivity contribution in [2.75, 3.05) is 39.8 Å². The molecule has 1 fully saturated rings. The quantitative estimate of drug-likeness (QED) is 0.439. The van der Waals surface area contributed by atoms with E-state index >= 15 is 0 Å². The van der Waals surface area contributed by atoms with Crippen LogP contribution < -0.4 is 0 Å². The van der Waals surface area contributed by atoms with Crippen LogP contribution in [0.25, 0.3) is 0 Å². The largest absolute Gasteiger partial charge is 0.304 e. The molecule has 0 aliphatic carbocycles. The van der Waals surface area contributed by atoms with E-state index in [1.165, 1.54) is 50.5 Å². The second-order valence-electron chi connectivity index (χ2n) is 7.57. The van der Waals surface area contributed by atoms with Crippen molar-refractivity contribution < 1.29 is 4.79 Å². The van der Waals surface area contributed by atoms with Gasteiger partial charge in [-0.25, -0.2) is 0 Å². The lowest BCUT2D eigenvalue weighted by molar-refractivity contribution is 0.0876. The Morgan fingerprint density at radius 3 is 2.12 bits per heavy atom. The number of Topliss-reactive ketones (excluding diaryl/α,β-unsaturated/α-hetero) is 1. The van der Waals surface area contributed by atoms with E-state index in [2.05, 4.69) is 35.9 Å². The Morgan fingerprint density at radius 2 is 1.48 bits per heavy atom. The van der Waals surface area contributed by atoms with Crippen LogP contribution in [0.15, 0.2) is 24.3 Å². The zero-order valence-corrected chi connectivity index (χ0v) is 16.3. The Hall–Kier alpha value is -1.19. The SMILES string of the molecule is CCCCCCCCCc1ccc(C(=O)CN2CCN(C)CC2)cc1. The Bertz CT molecular complexity index is 489. The van der Waals surface area contributed by atoms with Gasteiger partial charge in [0.1, 0.15) is 0 Å². The summed E-state index contributed by atoms with van der Waals surface area (Å²) in [4.78, 5) is 17.0. The number of nitrogens with zero attached hydrogens (tertiary/aromatic N) is 2. The second-order valence-corrected chi connectivity index (χ2v) is 7.57. The van der Waals surface area contributed by atoms with Gasteiger partial charge < -0.3 is 4.90 Å². The van der Waals surface area contributed by atoms with E-state index in [0.717, 1.165) is 38.2 Å². The Morgan fingerprint density at radius 1 is 0.880 bits per heavy atom. The zero-order valence-electron chi connectivity index (χ0n) is 16.3. The molecule has 0 atom stereocenters. The number of unbranched alkanes of at least 4 members (excludes halogenated alkanes) is 6. The molecular formula is C22H36N2O. The minimum atomic E-state index is 0.257. The Labute approximate surface area is 154 Å². The van der Waals surface area contributed by atoms with E-state index in [0.29, 0.717) is 6.54 Å². The number of benzene rings is 1. The van der Waals surface area contributed by atoms with Crippen LogP contribution in [0.3, 0.4) is 0 Å². The molecule has 1 saturated heterocycles. The fourth-order valence-electron chi connectivity index (χ4n) is 3.44. The van der Waals surface area contributed by atoms with Crippen molar-refractivity contribution in [3.05, 3.63) is 35.4 Å². The number of rotatable bonds is 11. The summed E-state index contributed by atoms with van der Waals surface area (Å²) < 4.78 is 0. The van der Waals surface area contributed by atoms with E-state index < -0.39 is 0 Å². The molecule has 25 heavy (non-hydrogen) atoms. The van der Waals surface area contributed by atoms with Gasteiger partial charge in [-0.2, -0.15) is 0 Å². The van der Waals surface area contributed by atoms with Crippen molar-refractivity contribution in [3.63, 3.8) is 0 Å². The normalized spacial score (nSPS) is 16.2. The number of carbonyl (C=O) groups excluding carboxylic acids is 1. The van der Waals surface area contributed by atoms with E-state index in [1.807, 2.05) is 12.1 Å². The minimum absolute atomic E-state index is 0.257. The molecule has 1 heterocycles. The van der Waals surface area contributed by atoms with E-state index in [1.54, 1.807) is 0 Å². The Balaban J connectivity index is 1.66. The van der Waals surface area contributed by atoms with Crippen LogP contribution in [0.5, 0.6) is 0 Å². The lowest BCUT2D eigenvalue weighted by Crippen LogP contribution is -2.46. The second kappa shape index (κ2) is 11.4. The molecule has 3 heteroatoms. The van der Waals surface area contributed by atoms with Gasteiger partial charge in [-0.05, 0) is 25.5 Å². The minimum Gasteiger partial charge on any atom is -0.304 e. The van der Waals surface area contributed by atoms with Crippen molar-refractivity contribution in [1.29, 1.82) is 0 Å². The monoisotopic (exact) mass is 344 g/mol. The summed E-state index contributed by atoms with van der Waals surface area (Å²) in [6, 6.07) is 8.34. The van der Waals surface area contributed by atoms with Gasteiger partial charge in [0.25, 0.3) is 0 Å². The van der Waals surface area contributed by atoms with Crippen LogP contribution in [0, 0.1) is 0 Å². The van der Waals surface area contributed by atoms with Gasteiger partial charge in [0.2, 0.25) is 0 Å². The molecule has 3 nitrogen and oxygen atoms in total. The van der Waals surface area contributed by atoms with Crippen LogP contribution in [-0.4, -0.2) is 55.4 Å². The molecule has 0 N–H and O–H groups in total. The number of aryl methyl sites for hydroxylation is 1. The van der Waals surface area contributed by atoms with Crippen molar-refractivity contribution in [2.24, 2.45) is 0 Å². The molecule has 0 saturated carbocycles. The molecule has 0 radical (unpaired) electrons. The van der Waals surface area contributed by atoms with Gasteiger partial charge in [0.15, 0.2) is 5.78 Å². The lowest BCUT2D eigenvalue weighted by Gasteiger charge is -2.31. The topological polar surface area (TPSA) is 23.6 Å². The standard InChI is InChI=1S/C22H36N2O/c1-3-4-5-6-7-8-9-10-20-11-13-21(14-12-20)22(25)19-24-17-15-23(2)16-18-24/h11-14H,3-10,15-19H2,1-2H3. The van der Waals surface area contributed by atoms with Gasteiger partial charge in [0, 0.05) is 31.7 Å². The van der Waals surface area contributed by atoms with Crippen molar-refractivity contribution >= 4 is 5.78 Å². The number of piperazine rings is 1.